The van der Waals surface area contributed by atoms with E-state index in [2.05, 4.69) is 15.6 Å². The molecule has 0 saturated heterocycles. The average Bonchev–Trinajstić information content (AvgIpc) is 2.99. The molecule has 0 unspecified atom stereocenters. The van der Waals surface area contributed by atoms with E-state index in [0.717, 1.165) is 5.56 Å². The molecule has 31 heavy (non-hydrogen) atoms. The number of rotatable bonds is 8. The van der Waals surface area contributed by atoms with Crippen molar-refractivity contribution in [3.63, 3.8) is 0 Å². The summed E-state index contributed by atoms with van der Waals surface area (Å²) in [6.45, 7) is 1.83. The van der Waals surface area contributed by atoms with Crippen molar-refractivity contribution < 1.29 is 19.8 Å². The van der Waals surface area contributed by atoms with Crippen molar-refractivity contribution in [1.29, 1.82) is 0 Å². The highest BCUT2D eigenvalue weighted by molar-refractivity contribution is 6.68. The van der Waals surface area contributed by atoms with Gasteiger partial charge in [-0.05, 0) is 37.1 Å². The SMILES string of the molecule is CC1=NN(CCCC(=O)O)C(=O)/C1=N\Nc1cccc(/C=C/c2cccc(Cl)c2)c1O. The number of carboxylic acid groups (broad SMARTS) is 1. The lowest BCUT2D eigenvalue weighted by molar-refractivity contribution is -0.137. The van der Waals surface area contributed by atoms with E-state index in [1.54, 1.807) is 43.3 Å². The van der Waals surface area contributed by atoms with E-state index in [9.17, 15) is 14.7 Å². The molecule has 2 aromatic rings. The van der Waals surface area contributed by atoms with E-state index < -0.39 is 11.9 Å². The van der Waals surface area contributed by atoms with E-state index in [0.29, 0.717) is 28.4 Å². The fourth-order valence-electron chi connectivity index (χ4n) is 2.91. The highest BCUT2D eigenvalue weighted by Crippen LogP contribution is 2.29. The van der Waals surface area contributed by atoms with Gasteiger partial charge < -0.3 is 10.2 Å². The number of carbonyl (C=O) groups is 2. The largest absolute Gasteiger partial charge is 0.505 e. The Labute approximate surface area is 184 Å². The van der Waals surface area contributed by atoms with Gasteiger partial charge in [0.15, 0.2) is 5.71 Å². The lowest BCUT2D eigenvalue weighted by Gasteiger charge is -2.10. The number of hydrogen-bond donors (Lipinski definition) is 3. The summed E-state index contributed by atoms with van der Waals surface area (Å²) >= 11 is 5.99. The first kappa shape index (κ1) is 22.0. The smallest absolute Gasteiger partial charge is 0.303 e. The number of hydrogen-bond acceptors (Lipinski definition) is 6. The average molecular weight is 441 g/mol. The number of hydrazone groups is 2. The Hall–Kier alpha value is -3.65. The number of amides is 1. The van der Waals surface area contributed by atoms with Crippen LogP contribution in [0.2, 0.25) is 5.02 Å². The fourth-order valence-corrected chi connectivity index (χ4v) is 3.11. The minimum Gasteiger partial charge on any atom is -0.505 e. The summed E-state index contributed by atoms with van der Waals surface area (Å²) in [7, 11) is 0. The van der Waals surface area contributed by atoms with E-state index in [-0.39, 0.29) is 24.4 Å². The maximum Gasteiger partial charge on any atom is 0.303 e. The summed E-state index contributed by atoms with van der Waals surface area (Å²) in [5, 5.41) is 29.3. The standard InChI is InChI=1S/C22H21ClN4O4/c1-14-20(22(31)27(26-14)12-4-9-19(28)29)25-24-18-8-3-6-16(21(18)30)11-10-15-5-2-7-17(23)13-15/h2-3,5-8,10-11,13,24,30H,4,9,12H2,1H3,(H,28,29)/b11-10+,25-20-. The van der Waals surface area contributed by atoms with Crippen LogP contribution in [0, 0.1) is 0 Å². The zero-order valence-corrected chi connectivity index (χ0v) is 17.5. The number of phenolic OH excluding ortho intramolecular Hbond substituents is 1. The number of phenols is 1. The number of nitrogens with zero attached hydrogens (tertiary/aromatic N) is 3. The number of para-hydroxylation sites is 1. The Kier molecular flexibility index (Phi) is 7.04. The molecule has 0 atom stereocenters. The zero-order chi connectivity index (χ0) is 22.4. The second-order valence-corrected chi connectivity index (χ2v) is 7.25. The van der Waals surface area contributed by atoms with Crippen molar-refractivity contribution in [2.75, 3.05) is 12.0 Å². The molecule has 0 aromatic heterocycles. The molecule has 1 aliphatic rings. The Morgan fingerprint density at radius 3 is 2.77 bits per heavy atom. The van der Waals surface area contributed by atoms with Crippen LogP contribution in [0.1, 0.15) is 30.9 Å². The van der Waals surface area contributed by atoms with Crippen LogP contribution in [0.5, 0.6) is 5.75 Å². The monoisotopic (exact) mass is 440 g/mol. The number of halogens is 1. The highest BCUT2D eigenvalue weighted by atomic mass is 35.5. The Morgan fingerprint density at radius 1 is 1.26 bits per heavy atom. The number of benzene rings is 2. The Morgan fingerprint density at radius 2 is 2.03 bits per heavy atom. The molecule has 0 aliphatic carbocycles. The first-order valence-electron chi connectivity index (χ1n) is 9.53. The van der Waals surface area contributed by atoms with Crippen LogP contribution in [0.4, 0.5) is 5.69 Å². The molecule has 1 amide bonds. The number of aromatic hydroxyl groups is 1. The van der Waals surface area contributed by atoms with Crippen LogP contribution >= 0.6 is 11.6 Å². The zero-order valence-electron chi connectivity index (χ0n) is 16.7. The van der Waals surface area contributed by atoms with Gasteiger partial charge >= 0.3 is 5.97 Å². The van der Waals surface area contributed by atoms with Crippen LogP contribution < -0.4 is 5.43 Å². The van der Waals surface area contributed by atoms with Gasteiger partial charge in [-0.3, -0.25) is 15.0 Å². The van der Waals surface area contributed by atoms with Crippen LogP contribution in [0.25, 0.3) is 12.2 Å². The molecule has 2 aromatic carbocycles. The number of anilines is 1. The van der Waals surface area contributed by atoms with Crippen molar-refractivity contribution >= 4 is 52.7 Å². The van der Waals surface area contributed by atoms with Crippen LogP contribution in [0.3, 0.4) is 0 Å². The molecule has 3 rings (SSSR count). The predicted octanol–water partition coefficient (Wildman–Crippen LogP) is 4.07. The normalized spacial score (nSPS) is 15.0. The molecule has 8 nitrogen and oxygen atoms in total. The second-order valence-electron chi connectivity index (χ2n) is 6.81. The van der Waals surface area contributed by atoms with Crippen LogP contribution in [-0.2, 0) is 9.59 Å². The van der Waals surface area contributed by atoms with E-state index in [1.807, 2.05) is 18.2 Å². The molecule has 0 bridgehead atoms. The maximum atomic E-state index is 12.5. The molecule has 1 heterocycles. The summed E-state index contributed by atoms with van der Waals surface area (Å²) in [4.78, 5) is 23.1. The lowest BCUT2D eigenvalue weighted by Crippen LogP contribution is -2.29. The molecule has 9 heteroatoms. The third kappa shape index (κ3) is 5.70. The Bertz CT molecular complexity index is 1090. The van der Waals surface area contributed by atoms with E-state index >= 15 is 0 Å². The van der Waals surface area contributed by atoms with Crippen molar-refractivity contribution in [2.45, 2.75) is 19.8 Å². The predicted molar refractivity (Wildman–Crippen MR) is 121 cm³/mol. The summed E-state index contributed by atoms with van der Waals surface area (Å²) < 4.78 is 0. The Balaban J connectivity index is 1.71. The van der Waals surface area contributed by atoms with Gasteiger partial charge in [0.05, 0.1) is 11.4 Å². The molecule has 3 N–H and O–H groups in total. The summed E-state index contributed by atoms with van der Waals surface area (Å²) in [6, 6.07) is 12.4. The molecule has 0 saturated carbocycles. The maximum absolute atomic E-state index is 12.5. The molecular weight excluding hydrogens is 420 g/mol. The molecule has 160 valence electrons. The quantitative estimate of drug-likeness (QED) is 0.325. The second kappa shape index (κ2) is 9.90. The minimum atomic E-state index is -0.928. The first-order chi connectivity index (χ1) is 14.8. The van der Waals surface area contributed by atoms with Crippen molar-refractivity contribution in [3.05, 3.63) is 58.6 Å². The minimum absolute atomic E-state index is 0.0246. The summed E-state index contributed by atoms with van der Waals surface area (Å²) in [5.41, 5.74) is 5.00. The molecule has 0 fully saturated rings. The fraction of sp³-hybridized carbons (Fsp3) is 0.182. The third-order valence-electron chi connectivity index (χ3n) is 4.47. The topological polar surface area (TPSA) is 115 Å². The van der Waals surface area contributed by atoms with Crippen LogP contribution in [-0.4, -0.2) is 45.1 Å². The van der Waals surface area contributed by atoms with Gasteiger partial charge in [-0.25, -0.2) is 5.01 Å². The van der Waals surface area contributed by atoms with Gasteiger partial charge in [-0.2, -0.15) is 10.2 Å². The van der Waals surface area contributed by atoms with Gasteiger partial charge in [0.25, 0.3) is 5.91 Å². The van der Waals surface area contributed by atoms with Crippen LogP contribution in [0.15, 0.2) is 52.7 Å². The van der Waals surface area contributed by atoms with E-state index in [1.165, 1.54) is 5.01 Å². The first-order valence-corrected chi connectivity index (χ1v) is 9.91. The highest BCUT2D eigenvalue weighted by Gasteiger charge is 2.29. The van der Waals surface area contributed by atoms with Gasteiger partial charge in [-0.15, -0.1) is 0 Å². The number of carbonyl (C=O) groups excluding carboxylic acids is 1. The molecule has 1 aliphatic heterocycles. The van der Waals surface area contributed by atoms with Gasteiger partial charge in [0, 0.05) is 23.6 Å². The van der Waals surface area contributed by atoms with Gasteiger partial charge in [0.1, 0.15) is 5.75 Å². The lowest BCUT2D eigenvalue weighted by atomic mass is 10.1. The van der Waals surface area contributed by atoms with Crippen molar-refractivity contribution in [2.24, 2.45) is 10.2 Å². The number of nitrogens with one attached hydrogen (secondary N) is 1. The number of aliphatic carboxylic acids is 1. The van der Waals surface area contributed by atoms with Gasteiger partial charge in [-0.1, -0.05) is 48.0 Å². The van der Waals surface area contributed by atoms with Crippen molar-refractivity contribution in [3.8, 4) is 5.75 Å². The number of carboxylic acids is 1. The van der Waals surface area contributed by atoms with Crippen molar-refractivity contribution in [1.82, 2.24) is 5.01 Å². The summed E-state index contributed by atoms with van der Waals surface area (Å²) in [6.07, 6.45) is 3.81. The third-order valence-corrected chi connectivity index (χ3v) is 4.71. The van der Waals surface area contributed by atoms with Gasteiger partial charge in [0.2, 0.25) is 0 Å². The molecule has 0 spiro atoms. The summed E-state index contributed by atoms with van der Waals surface area (Å²) in [5.74, 6) is -1.38. The molecule has 0 radical (unpaired) electrons. The molecular formula is C22H21ClN4O4. The van der Waals surface area contributed by atoms with E-state index in [4.69, 9.17) is 16.7 Å².